The number of benzene rings is 3. The van der Waals surface area contributed by atoms with Crippen molar-refractivity contribution in [1.29, 1.82) is 0 Å². The van der Waals surface area contributed by atoms with Crippen LogP contribution in [0.2, 0.25) is 0 Å². The molecule has 0 aliphatic rings. The Balaban J connectivity index is 1.63. The number of anilines is 1. The first kappa shape index (κ1) is 20.8. The number of sulfonamides is 1. The molecule has 0 spiro atoms. The third-order valence-corrected chi connectivity index (χ3v) is 5.85. The summed E-state index contributed by atoms with van der Waals surface area (Å²) in [6.07, 6.45) is 1.53. The van der Waals surface area contributed by atoms with E-state index in [-0.39, 0.29) is 4.90 Å². The SMILES string of the molecule is Cc1ccc(S(=O)(=O)Nc2ccc(C(=O)N/N=C\c3cccc(Br)c3)cc2)cc1. The minimum absolute atomic E-state index is 0.173. The molecule has 0 atom stereocenters. The lowest BCUT2D eigenvalue weighted by molar-refractivity contribution is 0.0955. The summed E-state index contributed by atoms with van der Waals surface area (Å²) in [5, 5.41) is 3.93. The predicted octanol–water partition coefficient (Wildman–Crippen LogP) is 4.32. The Kier molecular flexibility index (Phi) is 6.46. The van der Waals surface area contributed by atoms with Gasteiger partial charge in [0.25, 0.3) is 15.9 Å². The minimum atomic E-state index is -3.69. The molecule has 8 heteroatoms. The Morgan fingerprint density at radius 1 is 1.00 bits per heavy atom. The summed E-state index contributed by atoms with van der Waals surface area (Å²) in [4.78, 5) is 12.4. The molecule has 0 bridgehead atoms. The number of carbonyl (C=O) groups excluding carboxylic acids is 1. The first-order valence-electron chi connectivity index (χ1n) is 8.62. The summed E-state index contributed by atoms with van der Waals surface area (Å²) in [6.45, 7) is 1.89. The highest BCUT2D eigenvalue weighted by Crippen LogP contribution is 2.17. The maximum atomic E-state index is 12.4. The standard InChI is InChI=1S/C21H18BrN3O3S/c1-15-5-11-20(12-6-15)29(27,28)25-19-9-7-17(8-10-19)21(26)24-23-14-16-3-2-4-18(22)13-16/h2-14,25H,1H3,(H,24,26)/b23-14-. The summed E-state index contributed by atoms with van der Waals surface area (Å²) in [5.74, 6) is -0.399. The van der Waals surface area contributed by atoms with Gasteiger partial charge in [0, 0.05) is 15.7 Å². The second kappa shape index (κ2) is 9.02. The Morgan fingerprint density at radius 3 is 2.34 bits per heavy atom. The van der Waals surface area contributed by atoms with Crippen LogP contribution in [0.25, 0.3) is 0 Å². The number of halogens is 1. The zero-order valence-corrected chi connectivity index (χ0v) is 17.9. The number of amides is 1. The number of nitrogens with one attached hydrogen (secondary N) is 2. The maximum absolute atomic E-state index is 12.4. The van der Waals surface area contributed by atoms with Gasteiger partial charge in [0.15, 0.2) is 0 Å². The minimum Gasteiger partial charge on any atom is -0.280 e. The average Bonchev–Trinajstić information content (AvgIpc) is 2.68. The van der Waals surface area contributed by atoms with E-state index in [0.717, 1.165) is 15.6 Å². The van der Waals surface area contributed by atoms with Gasteiger partial charge in [-0.25, -0.2) is 13.8 Å². The monoisotopic (exact) mass is 471 g/mol. The fraction of sp³-hybridized carbons (Fsp3) is 0.0476. The van der Waals surface area contributed by atoms with E-state index in [0.29, 0.717) is 11.3 Å². The number of hydrogen-bond donors (Lipinski definition) is 2. The van der Waals surface area contributed by atoms with Crippen LogP contribution in [0.4, 0.5) is 5.69 Å². The smallest absolute Gasteiger partial charge is 0.271 e. The van der Waals surface area contributed by atoms with Gasteiger partial charge in [0.2, 0.25) is 0 Å². The van der Waals surface area contributed by atoms with Crippen molar-refractivity contribution in [3.05, 3.63) is 94.0 Å². The van der Waals surface area contributed by atoms with Crippen LogP contribution in [0.3, 0.4) is 0 Å². The second-order valence-electron chi connectivity index (χ2n) is 6.25. The van der Waals surface area contributed by atoms with Crippen LogP contribution in [0.1, 0.15) is 21.5 Å². The van der Waals surface area contributed by atoms with Crippen LogP contribution in [-0.4, -0.2) is 20.5 Å². The number of hydrogen-bond acceptors (Lipinski definition) is 4. The van der Waals surface area contributed by atoms with E-state index >= 15 is 0 Å². The molecular formula is C21H18BrN3O3S. The molecule has 6 nitrogen and oxygen atoms in total. The summed E-state index contributed by atoms with van der Waals surface area (Å²) in [7, 11) is -3.69. The Labute approximate surface area is 177 Å². The Bertz CT molecular complexity index is 1140. The Morgan fingerprint density at radius 2 is 1.69 bits per heavy atom. The lowest BCUT2D eigenvalue weighted by Crippen LogP contribution is -2.18. The molecule has 148 valence electrons. The van der Waals surface area contributed by atoms with Crippen molar-refractivity contribution in [2.45, 2.75) is 11.8 Å². The van der Waals surface area contributed by atoms with Crippen LogP contribution in [0, 0.1) is 6.92 Å². The molecule has 0 saturated heterocycles. The van der Waals surface area contributed by atoms with E-state index in [1.165, 1.54) is 30.5 Å². The van der Waals surface area contributed by atoms with E-state index in [2.05, 4.69) is 31.2 Å². The molecule has 0 heterocycles. The molecule has 0 fully saturated rings. The van der Waals surface area contributed by atoms with Gasteiger partial charge in [0.05, 0.1) is 11.1 Å². The first-order valence-corrected chi connectivity index (χ1v) is 10.9. The molecular weight excluding hydrogens is 454 g/mol. The molecule has 0 aliphatic carbocycles. The summed E-state index contributed by atoms with van der Waals surface area (Å²) < 4.78 is 28.2. The van der Waals surface area contributed by atoms with Gasteiger partial charge < -0.3 is 0 Å². The molecule has 0 radical (unpaired) electrons. The fourth-order valence-corrected chi connectivity index (χ4v) is 3.91. The van der Waals surface area contributed by atoms with Gasteiger partial charge in [-0.1, -0.05) is 45.8 Å². The van der Waals surface area contributed by atoms with Crippen molar-refractivity contribution in [3.63, 3.8) is 0 Å². The van der Waals surface area contributed by atoms with Gasteiger partial charge in [-0.05, 0) is 61.0 Å². The number of rotatable bonds is 6. The normalized spacial score (nSPS) is 11.4. The fourth-order valence-electron chi connectivity index (χ4n) is 2.44. The van der Waals surface area contributed by atoms with Crippen molar-refractivity contribution in [2.75, 3.05) is 4.72 Å². The third-order valence-electron chi connectivity index (χ3n) is 3.96. The topological polar surface area (TPSA) is 87.6 Å². The maximum Gasteiger partial charge on any atom is 0.271 e. The van der Waals surface area contributed by atoms with Gasteiger partial charge >= 0.3 is 0 Å². The molecule has 3 aromatic rings. The van der Waals surface area contributed by atoms with E-state index in [1.54, 1.807) is 24.3 Å². The molecule has 29 heavy (non-hydrogen) atoms. The number of hydrazone groups is 1. The van der Waals surface area contributed by atoms with Gasteiger partial charge in [-0.2, -0.15) is 5.10 Å². The molecule has 2 N–H and O–H groups in total. The lowest BCUT2D eigenvalue weighted by Gasteiger charge is -2.09. The summed E-state index contributed by atoms with van der Waals surface area (Å²) in [6, 6.07) is 20.1. The third kappa shape index (κ3) is 5.75. The molecule has 3 rings (SSSR count). The highest BCUT2D eigenvalue weighted by Gasteiger charge is 2.14. The largest absolute Gasteiger partial charge is 0.280 e. The first-order chi connectivity index (χ1) is 13.8. The number of aryl methyl sites for hydroxylation is 1. The van der Waals surface area contributed by atoms with E-state index in [9.17, 15) is 13.2 Å². The molecule has 1 amide bonds. The van der Waals surface area contributed by atoms with Crippen molar-refractivity contribution in [3.8, 4) is 0 Å². The zero-order chi connectivity index (χ0) is 20.9. The molecule has 3 aromatic carbocycles. The quantitative estimate of drug-likeness (QED) is 0.414. The van der Waals surface area contributed by atoms with Crippen molar-refractivity contribution >= 4 is 43.8 Å². The molecule has 0 aliphatic heterocycles. The van der Waals surface area contributed by atoms with Crippen LogP contribution < -0.4 is 10.1 Å². The van der Waals surface area contributed by atoms with Crippen LogP contribution >= 0.6 is 15.9 Å². The average molecular weight is 472 g/mol. The highest BCUT2D eigenvalue weighted by atomic mass is 79.9. The zero-order valence-electron chi connectivity index (χ0n) is 15.5. The van der Waals surface area contributed by atoms with Gasteiger partial charge in [0.1, 0.15) is 0 Å². The van der Waals surface area contributed by atoms with E-state index < -0.39 is 15.9 Å². The van der Waals surface area contributed by atoms with Crippen molar-refractivity contribution in [2.24, 2.45) is 5.10 Å². The number of nitrogens with zero attached hydrogens (tertiary/aromatic N) is 1. The van der Waals surface area contributed by atoms with Crippen molar-refractivity contribution < 1.29 is 13.2 Å². The summed E-state index contributed by atoms with van der Waals surface area (Å²) in [5.41, 5.74) is 4.97. The lowest BCUT2D eigenvalue weighted by atomic mass is 10.2. The molecule has 0 unspecified atom stereocenters. The highest BCUT2D eigenvalue weighted by molar-refractivity contribution is 9.10. The van der Waals surface area contributed by atoms with Crippen LogP contribution in [0.15, 0.2) is 87.3 Å². The predicted molar refractivity (Wildman–Crippen MR) is 118 cm³/mol. The molecule has 0 aromatic heterocycles. The van der Waals surface area contributed by atoms with E-state index in [1.807, 2.05) is 31.2 Å². The van der Waals surface area contributed by atoms with Crippen molar-refractivity contribution in [1.82, 2.24) is 5.43 Å². The van der Waals surface area contributed by atoms with E-state index in [4.69, 9.17) is 0 Å². The summed E-state index contributed by atoms with van der Waals surface area (Å²) >= 11 is 3.37. The van der Waals surface area contributed by atoms with Crippen LogP contribution in [0.5, 0.6) is 0 Å². The number of carbonyl (C=O) groups is 1. The van der Waals surface area contributed by atoms with Crippen LogP contribution in [-0.2, 0) is 10.0 Å². The second-order valence-corrected chi connectivity index (χ2v) is 8.85. The molecule has 0 saturated carbocycles. The Hall–Kier alpha value is -2.97. The van der Waals surface area contributed by atoms with Gasteiger partial charge in [-0.15, -0.1) is 0 Å². The van der Waals surface area contributed by atoms with Gasteiger partial charge in [-0.3, -0.25) is 9.52 Å².